The highest BCUT2D eigenvalue weighted by Gasteiger charge is 2.55. The van der Waals surface area contributed by atoms with Crippen molar-refractivity contribution in [3.63, 3.8) is 0 Å². The number of hydrogen-bond donors (Lipinski definition) is 3. The van der Waals surface area contributed by atoms with Gasteiger partial charge < -0.3 is 15.3 Å². The lowest BCUT2D eigenvalue weighted by Crippen LogP contribution is -2.60. The molecular formula is C11H20O4S. The summed E-state index contributed by atoms with van der Waals surface area (Å²) in [6.45, 7) is 5.54. The van der Waals surface area contributed by atoms with Gasteiger partial charge in [-0.3, -0.25) is 4.79 Å². The van der Waals surface area contributed by atoms with E-state index in [-0.39, 0.29) is 0 Å². The van der Waals surface area contributed by atoms with E-state index >= 15 is 0 Å². The Morgan fingerprint density at radius 1 is 1.25 bits per heavy atom. The first-order valence-electron chi connectivity index (χ1n) is 5.30. The second kappa shape index (κ2) is 4.20. The number of rotatable bonds is 2. The molecule has 1 aliphatic rings. The maximum Gasteiger partial charge on any atom is 0.311 e. The summed E-state index contributed by atoms with van der Waals surface area (Å²) in [5, 5.41) is 29.2. The summed E-state index contributed by atoms with van der Waals surface area (Å²) in [6.07, 6.45) is 0.409. The van der Waals surface area contributed by atoms with Gasteiger partial charge in [0, 0.05) is 4.75 Å². The van der Waals surface area contributed by atoms with Crippen molar-refractivity contribution in [3.8, 4) is 0 Å². The van der Waals surface area contributed by atoms with E-state index in [1.807, 2.05) is 27.0 Å². The molecule has 0 bridgehead atoms. The standard InChI is InChI=1S/C11H20O4S/c1-10(2)5-11(3,16-4)8(13)6(7(10)12)9(14)15/h6-8,12-13H,5H2,1-4H3,(H,14,15). The zero-order chi connectivity index (χ0) is 12.7. The third-order valence-corrected chi connectivity index (χ3v) is 4.98. The van der Waals surface area contributed by atoms with Crippen LogP contribution in [0.1, 0.15) is 27.2 Å². The van der Waals surface area contributed by atoms with E-state index in [1.165, 1.54) is 11.8 Å². The second-order valence-electron chi connectivity index (χ2n) is 5.44. The van der Waals surface area contributed by atoms with E-state index in [0.29, 0.717) is 6.42 Å². The molecule has 0 spiro atoms. The molecule has 3 N–H and O–H groups in total. The van der Waals surface area contributed by atoms with E-state index in [0.717, 1.165) is 0 Å². The molecule has 5 heteroatoms. The minimum Gasteiger partial charge on any atom is -0.481 e. The van der Waals surface area contributed by atoms with Gasteiger partial charge in [0.15, 0.2) is 0 Å². The summed E-state index contributed by atoms with van der Waals surface area (Å²) in [6, 6.07) is 0. The van der Waals surface area contributed by atoms with Crippen molar-refractivity contribution >= 4 is 17.7 Å². The lowest BCUT2D eigenvalue weighted by Gasteiger charge is -2.51. The lowest BCUT2D eigenvalue weighted by molar-refractivity contribution is -0.167. The minimum absolute atomic E-state index is 0.500. The molecule has 1 saturated carbocycles. The SMILES string of the molecule is CSC1(C)CC(C)(C)C(O)C(C(=O)O)C1O. The number of carboxylic acid groups (broad SMARTS) is 1. The van der Waals surface area contributed by atoms with Gasteiger partial charge in [0.05, 0.1) is 12.2 Å². The molecule has 0 aliphatic heterocycles. The molecule has 0 heterocycles. The molecule has 16 heavy (non-hydrogen) atoms. The van der Waals surface area contributed by atoms with Crippen molar-refractivity contribution in [3.05, 3.63) is 0 Å². The van der Waals surface area contributed by atoms with Crippen LogP contribution in [0.2, 0.25) is 0 Å². The molecule has 0 radical (unpaired) electrons. The van der Waals surface area contributed by atoms with E-state index in [2.05, 4.69) is 0 Å². The number of hydrogen-bond acceptors (Lipinski definition) is 4. The Kier molecular flexibility index (Phi) is 3.62. The average Bonchev–Trinajstić information content (AvgIpc) is 2.14. The van der Waals surface area contributed by atoms with Crippen LogP contribution in [0.5, 0.6) is 0 Å². The van der Waals surface area contributed by atoms with Crippen molar-refractivity contribution in [1.82, 2.24) is 0 Å². The summed E-state index contributed by atoms with van der Waals surface area (Å²) in [5.74, 6) is -2.24. The second-order valence-corrected chi connectivity index (χ2v) is 6.78. The van der Waals surface area contributed by atoms with Crippen LogP contribution < -0.4 is 0 Å². The summed E-state index contributed by atoms with van der Waals surface area (Å²) < 4.78 is -0.522. The quantitative estimate of drug-likeness (QED) is 0.678. The fourth-order valence-corrected chi connectivity index (χ4v) is 3.52. The van der Waals surface area contributed by atoms with E-state index < -0.39 is 34.3 Å². The number of aliphatic carboxylic acids is 1. The van der Waals surface area contributed by atoms with Gasteiger partial charge in [0.1, 0.15) is 5.92 Å². The van der Waals surface area contributed by atoms with Crippen LogP contribution in [-0.2, 0) is 4.79 Å². The maximum absolute atomic E-state index is 11.1. The third kappa shape index (κ3) is 2.08. The van der Waals surface area contributed by atoms with E-state index in [9.17, 15) is 15.0 Å². The molecule has 0 amide bonds. The first-order chi connectivity index (χ1) is 7.15. The number of aliphatic hydroxyl groups excluding tert-OH is 2. The van der Waals surface area contributed by atoms with Crippen LogP contribution in [0.25, 0.3) is 0 Å². The fourth-order valence-electron chi connectivity index (χ4n) is 2.62. The Morgan fingerprint density at radius 2 is 1.75 bits per heavy atom. The smallest absolute Gasteiger partial charge is 0.311 e. The van der Waals surface area contributed by atoms with Crippen LogP contribution in [0.4, 0.5) is 0 Å². The normalized spacial score (nSPS) is 43.0. The van der Waals surface area contributed by atoms with Crippen LogP contribution in [0.15, 0.2) is 0 Å². The summed E-state index contributed by atoms with van der Waals surface area (Å²) in [4.78, 5) is 11.1. The monoisotopic (exact) mass is 248 g/mol. The molecule has 0 aromatic heterocycles. The van der Waals surface area contributed by atoms with Crippen molar-refractivity contribution < 1.29 is 20.1 Å². The van der Waals surface area contributed by atoms with E-state index in [1.54, 1.807) is 0 Å². The van der Waals surface area contributed by atoms with Gasteiger partial charge in [0.25, 0.3) is 0 Å². The molecular weight excluding hydrogens is 228 g/mol. The van der Waals surface area contributed by atoms with Gasteiger partial charge in [-0.25, -0.2) is 0 Å². The van der Waals surface area contributed by atoms with Gasteiger partial charge in [-0.15, -0.1) is 0 Å². The van der Waals surface area contributed by atoms with Crippen LogP contribution in [0, 0.1) is 11.3 Å². The van der Waals surface area contributed by atoms with Crippen LogP contribution >= 0.6 is 11.8 Å². The third-order valence-electron chi connectivity index (χ3n) is 3.66. The molecule has 0 aromatic carbocycles. The predicted molar refractivity (Wildman–Crippen MR) is 63.5 cm³/mol. The predicted octanol–water partition coefficient (Wildman–Crippen LogP) is 0.961. The molecule has 1 fully saturated rings. The summed E-state index contributed by atoms with van der Waals surface area (Å²) >= 11 is 1.46. The topological polar surface area (TPSA) is 77.8 Å². The highest BCUT2D eigenvalue weighted by atomic mass is 32.2. The van der Waals surface area contributed by atoms with Crippen LogP contribution in [0.3, 0.4) is 0 Å². The first kappa shape index (κ1) is 13.8. The molecule has 4 nitrogen and oxygen atoms in total. The first-order valence-corrected chi connectivity index (χ1v) is 6.52. The molecule has 0 aromatic rings. The molecule has 1 rings (SSSR count). The van der Waals surface area contributed by atoms with E-state index in [4.69, 9.17) is 5.11 Å². The number of carbonyl (C=O) groups is 1. The number of carboxylic acids is 1. The fraction of sp³-hybridized carbons (Fsp3) is 0.909. The van der Waals surface area contributed by atoms with Crippen molar-refractivity contribution in [2.24, 2.45) is 11.3 Å². The Bertz CT molecular complexity index is 292. The Balaban J connectivity index is 3.13. The molecule has 4 unspecified atom stereocenters. The molecule has 94 valence electrons. The highest BCUT2D eigenvalue weighted by molar-refractivity contribution is 8.00. The zero-order valence-electron chi connectivity index (χ0n) is 10.1. The summed E-state index contributed by atoms with van der Waals surface area (Å²) in [7, 11) is 0. The lowest BCUT2D eigenvalue weighted by atomic mass is 9.64. The van der Waals surface area contributed by atoms with Crippen molar-refractivity contribution in [1.29, 1.82) is 0 Å². The molecule has 4 atom stereocenters. The highest BCUT2D eigenvalue weighted by Crippen LogP contribution is 2.49. The number of thioether (sulfide) groups is 1. The largest absolute Gasteiger partial charge is 0.481 e. The average molecular weight is 248 g/mol. The Hall–Kier alpha value is -0.260. The summed E-state index contributed by atoms with van der Waals surface area (Å²) in [5.41, 5.74) is -0.500. The zero-order valence-corrected chi connectivity index (χ0v) is 10.9. The Labute approximate surface area is 100 Å². The van der Waals surface area contributed by atoms with Crippen molar-refractivity contribution in [2.75, 3.05) is 6.26 Å². The maximum atomic E-state index is 11.1. The molecule has 1 aliphatic carbocycles. The van der Waals surface area contributed by atoms with Gasteiger partial charge in [0.2, 0.25) is 0 Å². The molecule has 0 saturated heterocycles. The van der Waals surface area contributed by atoms with Gasteiger partial charge in [-0.1, -0.05) is 13.8 Å². The van der Waals surface area contributed by atoms with Crippen LogP contribution in [-0.4, -0.2) is 44.5 Å². The van der Waals surface area contributed by atoms with Gasteiger partial charge >= 0.3 is 5.97 Å². The van der Waals surface area contributed by atoms with Gasteiger partial charge in [-0.2, -0.15) is 11.8 Å². The number of aliphatic hydroxyl groups is 2. The minimum atomic E-state index is -1.13. The van der Waals surface area contributed by atoms with Gasteiger partial charge in [-0.05, 0) is 25.0 Å². The Morgan fingerprint density at radius 3 is 2.12 bits per heavy atom. The van der Waals surface area contributed by atoms with Crippen molar-refractivity contribution in [2.45, 2.75) is 44.1 Å².